The van der Waals surface area contributed by atoms with E-state index in [1.54, 1.807) is 12.1 Å². The maximum atomic E-state index is 12.8. The fraction of sp³-hybridized carbons (Fsp3) is 0.511. The molecule has 0 aliphatic carbocycles. The molecule has 0 fully saturated rings. The van der Waals surface area contributed by atoms with E-state index in [1.165, 1.54) is 74.5 Å². The van der Waals surface area contributed by atoms with Crippen LogP contribution in [0.25, 0.3) is 0 Å². The van der Waals surface area contributed by atoms with E-state index in [9.17, 15) is 9.90 Å². The van der Waals surface area contributed by atoms with Crippen LogP contribution >= 0.6 is 0 Å². The number of unbranched alkanes of at least 4 members (excludes halogenated alkanes) is 15. The minimum absolute atomic E-state index is 0.0733. The zero-order valence-electron chi connectivity index (χ0n) is 62.7. The minimum Gasteiger partial charge on any atom is -0.490 e. The second kappa shape index (κ2) is 49.3. The van der Waals surface area contributed by atoms with Crippen LogP contribution in [0, 0.1) is 0 Å². The van der Waals surface area contributed by atoms with Crippen molar-refractivity contribution < 1.29 is 38.3 Å². The van der Waals surface area contributed by atoms with Gasteiger partial charge in [0.15, 0.2) is 11.5 Å². The lowest BCUT2D eigenvalue weighted by molar-refractivity contribution is 0.0695. The first kappa shape index (κ1) is 80.9. The van der Waals surface area contributed by atoms with Crippen molar-refractivity contribution >= 4 is 40.1 Å². The number of hydrogen-bond donors (Lipinski definition) is 1. The summed E-state index contributed by atoms with van der Waals surface area (Å²) < 4.78 is 39.5. The van der Waals surface area contributed by atoms with Gasteiger partial charge < -0.3 is 33.5 Å². The Hall–Kier alpha value is -8.39. The quantitative estimate of drug-likeness (QED) is 0.0290. The standard InChI is InChI=1S/C88H120N6O8/c1-7-13-22-31-69-40-46-73(47-41-69)89-92-76-52-58-82(59-53-76)100-79(34-16-10-4)37-25-19-28-64-97-85-67-72(88(95)96)68-86(98-65-29-20-26-38-80(35-17-11-5)101-83-60-54-77(55-61-83)93-90-74-48-42-70(43-49-74)32-23-14-8-2)87(85)99-66-30-21-27-39-81(36-18-12-6)102-84-62-56-78(57-63-84)94-91-75-50-44-71(45-51-75)33-24-15-9-3/h40-63,67-68,79-81H,7-39,64-66H2,1-6H3,(H,95,96)/b92-89+,93-90+,94-91+. The molecule has 0 aromatic heterocycles. The zero-order valence-corrected chi connectivity index (χ0v) is 62.7. The number of hydrogen-bond acceptors (Lipinski definition) is 13. The molecule has 102 heavy (non-hydrogen) atoms. The van der Waals surface area contributed by atoms with Gasteiger partial charge in [-0.25, -0.2) is 4.79 Å². The summed E-state index contributed by atoms with van der Waals surface area (Å²) in [4.78, 5) is 12.8. The summed E-state index contributed by atoms with van der Waals surface area (Å²) >= 11 is 0. The van der Waals surface area contributed by atoms with Crippen molar-refractivity contribution in [1.29, 1.82) is 0 Å². The molecule has 3 unspecified atom stereocenters. The van der Waals surface area contributed by atoms with E-state index in [0.717, 1.165) is 205 Å². The predicted molar refractivity (Wildman–Crippen MR) is 418 cm³/mol. The Kier molecular flexibility index (Phi) is 39.1. The fourth-order valence-electron chi connectivity index (χ4n) is 12.3. The number of carboxylic acid groups (broad SMARTS) is 1. The van der Waals surface area contributed by atoms with Crippen molar-refractivity contribution in [3.63, 3.8) is 0 Å². The van der Waals surface area contributed by atoms with Gasteiger partial charge >= 0.3 is 5.97 Å². The summed E-state index contributed by atoms with van der Waals surface area (Å²) in [5.41, 5.74) is 8.95. The number of azo groups is 3. The molecule has 0 heterocycles. The summed E-state index contributed by atoms with van der Waals surface area (Å²) in [6, 6.07) is 52.0. The van der Waals surface area contributed by atoms with Crippen LogP contribution < -0.4 is 28.4 Å². The Morgan fingerprint density at radius 3 is 0.824 bits per heavy atom. The van der Waals surface area contributed by atoms with Gasteiger partial charge in [0.25, 0.3) is 0 Å². The minimum atomic E-state index is -1.06. The van der Waals surface area contributed by atoms with Crippen molar-refractivity contribution in [2.75, 3.05) is 19.8 Å². The third-order valence-corrected chi connectivity index (χ3v) is 18.5. The highest BCUT2D eigenvalue weighted by Gasteiger charge is 2.21. The van der Waals surface area contributed by atoms with Crippen molar-refractivity contribution in [3.05, 3.63) is 180 Å². The summed E-state index contributed by atoms with van der Waals surface area (Å²) in [5.74, 6) is 2.64. The molecule has 14 heteroatoms. The van der Waals surface area contributed by atoms with E-state index in [1.807, 2.05) is 109 Å². The van der Waals surface area contributed by atoms with E-state index >= 15 is 0 Å². The first-order valence-corrected chi connectivity index (χ1v) is 39.3. The van der Waals surface area contributed by atoms with Gasteiger partial charge in [-0.3, -0.25) is 0 Å². The normalized spacial score (nSPS) is 12.5. The fourth-order valence-corrected chi connectivity index (χ4v) is 12.3. The van der Waals surface area contributed by atoms with Crippen LogP contribution in [0.15, 0.2) is 188 Å². The highest BCUT2D eigenvalue weighted by atomic mass is 16.5. The lowest BCUT2D eigenvalue weighted by atomic mass is 10.0. The molecule has 0 saturated carbocycles. The lowest BCUT2D eigenvalue weighted by Crippen LogP contribution is -2.16. The Labute approximate surface area is 612 Å². The molecular weight excluding hydrogens is 1270 g/mol. The average molecular weight is 1390 g/mol. The summed E-state index contributed by atoms with van der Waals surface area (Å²) in [7, 11) is 0. The number of rotatable bonds is 55. The third kappa shape index (κ3) is 32.3. The molecule has 550 valence electrons. The van der Waals surface area contributed by atoms with E-state index in [-0.39, 0.29) is 23.9 Å². The predicted octanol–water partition coefficient (Wildman–Crippen LogP) is 27.6. The van der Waals surface area contributed by atoms with Crippen LogP contribution in [0.1, 0.15) is 261 Å². The van der Waals surface area contributed by atoms with Gasteiger partial charge in [-0.1, -0.05) is 155 Å². The van der Waals surface area contributed by atoms with Gasteiger partial charge in [0, 0.05) is 0 Å². The molecule has 0 saturated heterocycles. The average Bonchev–Trinajstić information content (AvgIpc) is 0.819. The van der Waals surface area contributed by atoms with Crippen molar-refractivity contribution in [2.24, 2.45) is 30.7 Å². The van der Waals surface area contributed by atoms with E-state index in [0.29, 0.717) is 37.1 Å². The van der Waals surface area contributed by atoms with Crippen molar-refractivity contribution in [3.8, 4) is 34.5 Å². The monoisotopic (exact) mass is 1390 g/mol. The SMILES string of the molecule is CCCCCc1ccc(/N=N/c2ccc(OC(CCCC)CCCCCOc3cc(C(=O)O)cc(OCCCCCC(CCCC)Oc4ccc(/N=N/c5ccc(CCCCC)cc5)cc4)c3OCCCCCC(CCCC)Oc3ccc(/N=N/c4ccc(CCCCC)cc4)cc3)cc2)cc1. The van der Waals surface area contributed by atoms with Crippen LogP contribution in [-0.2, 0) is 19.3 Å². The molecule has 0 radical (unpaired) electrons. The number of benzene rings is 7. The van der Waals surface area contributed by atoms with E-state index in [2.05, 4.69) is 109 Å². The van der Waals surface area contributed by atoms with Crippen molar-refractivity contribution in [1.82, 2.24) is 0 Å². The summed E-state index contributed by atoms with van der Waals surface area (Å²) in [5, 5.41) is 37.4. The highest BCUT2D eigenvalue weighted by Crippen LogP contribution is 2.40. The van der Waals surface area contributed by atoms with Crippen LogP contribution in [0.4, 0.5) is 34.1 Å². The van der Waals surface area contributed by atoms with Crippen LogP contribution in [0.3, 0.4) is 0 Å². The molecule has 7 aromatic rings. The maximum absolute atomic E-state index is 12.8. The van der Waals surface area contributed by atoms with Crippen LogP contribution in [0.2, 0.25) is 0 Å². The molecule has 0 aliphatic heterocycles. The topological polar surface area (TPSA) is 167 Å². The zero-order chi connectivity index (χ0) is 71.9. The molecule has 14 nitrogen and oxygen atoms in total. The second-order valence-corrected chi connectivity index (χ2v) is 27.3. The van der Waals surface area contributed by atoms with Crippen LogP contribution in [0.5, 0.6) is 34.5 Å². The number of carboxylic acids is 1. The first-order chi connectivity index (χ1) is 50.1. The molecule has 0 aliphatic rings. The number of nitrogens with zero attached hydrogens (tertiary/aromatic N) is 6. The summed E-state index contributed by atoms with van der Waals surface area (Å²) in [6.45, 7) is 14.5. The van der Waals surface area contributed by atoms with Gasteiger partial charge in [0.05, 0.1) is 77.8 Å². The molecule has 0 bridgehead atoms. The van der Waals surface area contributed by atoms with Gasteiger partial charge in [0.1, 0.15) is 17.2 Å². The largest absolute Gasteiger partial charge is 0.490 e. The Balaban J connectivity index is 0.926. The maximum Gasteiger partial charge on any atom is 0.335 e. The molecule has 7 aromatic carbocycles. The third-order valence-electron chi connectivity index (χ3n) is 18.5. The Morgan fingerprint density at radius 2 is 0.559 bits per heavy atom. The van der Waals surface area contributed by atoms with E-state index < -0.39 is 5.97 Å². The lowest BCUT2D eigenvalue weighted by Gasteiger charge is -2.20. The molecule has 3 atom stereocenters. The Bertz CT molecular complexity index is 3300. The summed E-state index contributed by atoms with van der Waals surface area (Å²) in [6.07, 6.45) is 34.6. The first-order valence-electron chi connectivity index (χ1n) is 39.3. The highest BCUT2D eigenvalue weighted by molar-refractivity contribution is 5.89. The molecular formula is C88H120N6O8. The smallest absolute Gasteiger partial charge is 0.335 e. The molecule has 7 rings (SSSR count). The number of aromatic carboxylic acids is 1. The van der Waals surface area contributed by atoms with Gasteiger partial charge in [-0.05, 0) is 273 Å². The van der Waals surface area contributed by atoms with Crippen molar-refractivity contribution in [2.45, 2.75) is 272 Å². The number of carbonyl (C=O) groups is 1. The molecule has 0 amide bonds. The Morgan fingerprint density at radius 1 is 0.304 bits per heavy atom. The van der Waals surface area contributed by atoms with Gasteiger partial charge in [0.2, 0.25) is 5.75 Å². The molecule has 1 N–H and O–H groups in total. The number of ether oxygens (including phenoxy) is 6. The van der Waals surface area contributed by atoms with Gasteiger partial charge in [-0.2, -0.15) is 30.7 Å². The molecule has 0 spiro atoms. The number of aryl methyl sites for hydroxylation is 3. The van der Waals surface area contributed by atoms with Gasteiger partial charge in [-0.15, -0.1) is 0 Å². The van der Waals surface area contributed by atoms with E-state index in [4.69, 9.17) is 28.4 Å². The second-order valence-electron chi connectivity index (χ2n) is 27.3. The van der Waals surface area contributed by atoms with Crippen LogP contribution in [-0.4, -0.2) is 49.2 Å².